The number of rotatable bonds is 5. The second-order valence-electron chi connectivity index (χ2n) is 7.35. The topological polar surface area (TPSA) is 90.5 Å². The lowest BCUT2D eigenvalue weighted by atomic mass is 9.97. The number of fused-ring (bicyclic) bond motifs is 1. The molecule has 1 aliphatic heterocycles. The average molecular weight is 392 g/mol. The molecule has 7 nitrogen and oxygen atoms in total. The fraction of sp³-hybridized carbons (Fsp3) is 0.318. The van der Waals surface area contributed by atoms with Crippen LogP contribution in [-0.2, 0) is 16.1 Å². The van der Waals surface area contributed by atoms with Gasteiger partial charge in [-0.3, -0.25) is 14.6 Å². The first kappa shape index (κ1) is 19.0. The molecule has 3 heterocycles. The Labute approximate surface area is 169 Å². The summed E-state index contributed by atoms with van der Waals surface area (Å²) in [6.45, 7) is 1.24. The second kappa shape index (κ2) is 7.95. The molecule has 0 radical (unpaired) electrons. The lowest BCUT2D eigenvalue weighted by molar-refractivity contribution is -0.135. The van der Waals surface area contributed by atoms with E-state index in [2.05, 4.69) is 4.98 Å². The van der Waals surface area contributed by atoms with Gasteiger partial charge in [-0.1, -0.05) is 12.1 Å². The van der Waals surface area contributed by atoms with E-state index in [1.165, 1.54) is 0 Å². The number of amides is 2. The minimum absolute atomic E-state index is 0.0195. The van der Waals surface area contributed by atoms with Crippen molar-refractivity contribution >= 4 is 22.7 Å². The molecule has 1 aliphatic rings. The predicted molar refractivity (Wildman–Crippen MR) is 110 cm³/mol. The van der Waals surface area contributed by atoms with E-state index in [1.807, 2.05) is 47.2 Å². The molecular weight excluding hydrogens is 368 g/mol. The minimum atomic E-state index is -0.335. The number of primary amides is 1. The van der Waals surface area contributed by atoms with Crippen molar-refractivity contribution in [2.75, 3.05) is 20.2 Å². The Bertz CT molecular complexity index is 1060. The van der Waals surface area contributed by atoms with Gasteiger partial charge >= 0.3 is 0 Å². The van der Waals surface area contributed by atoms with E-state index in [9.17, 15) is 9.59 Å². The molecule has 1 saturated heterocycles. The maximum Gasteiger partial charge on any atom is 0.242 e. The molecule has 29 heavy (non-hydrogen) atoms. The first-order valence-corrected chi connectivity index (χ1v) is 9.72. The fourth-order valence-corrected chi connectivity index (χ4v) is 3.95. The van der Waals surface area contributed by atoms with Crippen molar-refractivity contribution < 1.29 is 14.3 Å². The van der Waals surface area contributed by atoms with Gasteiger partial charge in [0.2, 0.25) is 11.8 Å². The van der Waals surface area contributed by atoms with Crippen molar-refractivity contribution in [2.24, 2.45) is 11.7 Å². The first-order valence-electron chi connectivity index (χ1n) is 9.72. The normalized spacial score (nSPS) is 16.7. The molecule has 1 unspecified atom stereocenters. The van der Waals surface area contributed by atoms with Gasteiger partial charge < -0.3 is 19.9 Å². The third kappa shape index (κ3) is 3.81. The molecule has 4 rings (SSSR count). The van der Waals surface area contributed by atoms with Crippen LogP contribution in [0.2, 0.25) is 0 Å². The van der Waals surface area contributed by atoms with Gasteiger partial charge in [0, 0.05) is 36.4 Å². The van der Waals surface area contributed by atoms with Crippen molar-refractivity contribution in [3.8, 4) is 17.0 Å². The maximum atomic E-state index is 12.9. The van der Waals surface area contributed by atoms with Crippen LogP contribution in [0.1, 0.15) is 12.8 Å². The number of carbonyl (C=O) groups excluding carboxylic acids is 2. The van der Waals surface area contributed by atoms with E-state index in [1.54, 1.807) is 18.2 Å². The number of hydrogen-bond donors (Lipinski definition) is 1. The van der Waals surface area contributed by atoms with Gasteiger partial charge in [-0.2, -0.15) is 0 Å². The predicted octanol–water partition coefficient (Wildman–Crippen LogP) is 2.44. The number of nitrogens with zero attached hydrogens (tertiary/aromatic N) is 3. The molecule has 1 aromatic carbocycles. The zero-order valence-electron chi connectivity index (χ0n) is 16.4. The van der Waals surface area contributed by atoms with Crippen LogP contribution in [0.15, 0.2) is 48.8 Å². The van der Waals surface area contributed by atoms with Crippen LogP contribution in [-0.4, -0.2) is 46.5 Å². The summed E-state index contributed by atoms with van der Waals surface area (Å²) < 4.78 is 7.26. The Kier molecular flexibility index (Phi) is 5.20. The van der Waals surface area contributed by atoms with Crippen LogP contribution in [0, 0.1) is 5.92 Å². The molecule has 2 amide bonds. The number of likely N-dealkylation sites (tertiary alicyclic amines) is 1. The molecular formula is C22H24N4O3. The van der Waals surface area contributed by atoms with Gasteiger partial charge in [0.15, 0.2) is 0 Å². The zero-order valence-corrected chi connectivity index (χ0v) is 16.4. The molecule has 150 valence electrons. The number of ether oxygens (including phenoxy) is 1. The third-order valence-electron chi connectivity index (χ3n) is 5.50. The fourth-order valence-electron chi connectivity index (χ4n) is 3.95. The quantitative estimate of drug-likeness (QED) is 0.722. The Balaban J connectivity index is 1.65. The lowest BCUT2D eigenvalue weighted by Crippen LogP contribution is -2.45. The highest BCUT2D eigenvalue weighted by atomic mass is 16.5. The Morgan fingerprint density at radius 3 is 2.93 bits per heavy atom. The number of aromatic nitrogens is 2. The van der Waals surface area contributed by atoms with Crippen LogP contribution in [0.4, 0.5) is 0 Å². The lowest BCUT2D eigenvalue weighted by Gasteiger charge is -2.31. The molecule has 3 aromatic rings. The third-order valence-corrected chi connectivity index (χ3v) is 5.50. The standard InChI is InChI=1S/C22H24N4O3/c1-29-18-6-2-4-16(12-18)20-21-15(7-9-24-20)8-11-26(21)14-19(27)25-10-3-5-17(13-25)22(23)28/h2,4,6-9,11-12,17H,3,5,10,13-14H2,1H3,(H2,23,28). The summed E-state index contributed by atoms with van der Waals surface area (Å²) in [6.07, 6.45) is 5.21. The number of piperidine rings is 1. The van der Waals surface area contributed by atoms with Crippen molar-refractivity contribution in [3.05, 3.63) is 48.8 Å². The number of nitrogens with two attached hydrogens (primary N) is 1. The van der Waals surface area contributed by atoms with E-state index >= 15 is 0 Å². The van der Waals surface area contributed by atoms with Gasteiger partial charge in [-0.15, -0.1) is 0 Å². The van der Waals surface area contributed by atoms with Gasteiger partial charge in [-0.05, 0) is 37.1 Å². The Morgan fingerprint density at radius 1 is 1.28 bits per heavy atom. The highest BCUT2D eigenvalue weighted by Gasteiger charge is 2.27. The summed E-state index contributed by atoms with van der Waals surface area (Å²) in [5.41, 5.74) is 8.07. The van der Waals surface area contributed by atoms with E-state index in [-0.39, 0.29) is 24.3 Å². The van der Waals surface area contributed by atoms with E-state index < -0.39 is 0 Å². The molecule has 0 spiro atoms. The first-order chi connectivity index (χ1) is 14.1. The summed E-state index contributed by atoms with van der Waals surface area (Å²) in [5.74, 6) is 0.136. The van der Waals surface area contributed by atoms with Gasteiger partial charge in [-0.25, -0.2) is 0 Å². The number of methoxy groups -OCH3 is 1. The average Bonchev–Trinajstić information content (AvgIpc) is 3.16. The summed E-state index contributed by atoms with van der Waals surface area (Å²) in [4.78, 5) is 30.8. The Hall–Kier alpha value is -3.35. The van der Waals surface area contributed by atoms with Gasteiger partial charge in [0.1, 0.15) is 12.3 Å². The highest BCUT2D eigenvalue weighted by Crippen LogP contribution is 2.29. The zero-order chi connectivity index (χ0) is 20.4. The van der Waals surface area contributed by atoms with E-state index in [0.29, 0.717) is 13.1 Å². The second-order valence-corrected chi connectivity index (χ2v) is 7.35. The van der Waals surface area contributed by atoms with Crippen molar-refractivity contribution in [1.82, 2.24) is 14.5 Å². The molecule has 0 bridgehead atoms. The summed E-state index contributed by atoms with van der Waals surface area (Å²) in [6, 6.07) is 11.6. The number of pyridine rings is 1. The highest BCUT2D eigenvalue weighted by molar-refractivity contribution is 5.93. The van der Waals surface area contributed by atoms with Crippen molar-refractivity contribution in [3.63, 3.8) is 0 Å². The smallest absolute Gasteiger partial charge is 0.242 e. The molecule has 1 atom stereocenters. The number of hydrogen-bond acceptors (Lipinski definition) is 4. The summed E-state index contributed by atoms with van der Waals surface area (Å²) >= 11 is 0. The van der Waals surface area contributed by atoms with Crippen LogP contribution in [0.5, 0.6) is 5.75 Å². The molecule has 0 aliphatic carbocycles. The number of carbonyl (C=O) groups is 2. The van der Waals surface area contributed by atoms with Crippen molar-refractivity contribution in [2.45, 2.75) is 19.4 Å². The SMILES string of the molecule is COc1cccc(-c2nccc3ccn(CC(=O)N4CCCC(C(N)=O)C4)c23)c1. The maximum absolute atomic E-state index is 12.9. The summed E-state index contributed by atoms with van der Waals surface area (Å²) in [5, 5.41) is 1.01. The molecule has 2 aromatic heterocycles. The largest absolute Gasteiger partial charge is 0.497 e. The molecule has 7 heteroatoms. The van der Waals surface area contributed by atoms with Gasteiger partial charge in [0.05, 0.1) is 24.2 Å². The van der Waals surface area contributed by atoms with Crippen LogP contribution >= 0.6 is 0 Å². The molecule has 1 fully saturated rings. The molecule has 2 N–H and O–H groups in total. The Morgan fingerprint density at radius 2 is 2.14 bits per heavy atom. The van der Waals surface area contributed by atoms with E-state index in [0.717, 1.165) is 40.8 Å². The monoisotopic (exact) mass is 392 g/mol. The van der Waals surface area contributed by atoms with Gasteiger partial charge in [0.25, 0.3) is 0 Å². The number of benzene rings is 1. The van der Waals surface area contributed by atoms with Crippen LogP contribution < -0.4 is 10.5 Å². The van der Waals surface area contributed by atoms with Crippen molar-refractivity contribution in [1.29, 1.82) is 0 Å². The minimum Gasteiger partial charge on any atom is -0.497 e. The molecule has 0 saturated carbocycles. The van der Waals surface area contributed by atoms with E-state index in [4.69, 9.17) is 10.5 Å². The van der Waals surface area contributed by atoms with Crippen LogP contribution in [0.25, 0.3) is 22.2 Å². The summed E-state index contributed by atoms with van der Waals surface area (Å²) in [7, 11) is 1.63. The van der Waals surface area contributed by atoms with Crippen LogP contribution in [0.3, 0.4) is 0 Å².